The molecule has 0 saturated heterocycles. The van der Waals surface area contributed by atoms with Crippen LogP contribution in [-0.4, -0.2) is 4.57 Å². The van der Waals surface area contributed by atoms with Crippen LogP contribution in [0, 0.1) is 0 Å². The Morgan fingerprint density at radius 3 is 2.22 bits per heavy atom. The number of rotatable bonds is 3. The Morgan fingerprint density at radius 2 is 1.27 bits per heavy atom. The van der Waals surface area contributed by atoms with Crippen LogP contribution in [-0.2, 0) is 12.8 Å². The van der Waals surface area contributed by atoms with E-state index in [1.54, 1.807) is 5.57 Å². The van der Waals surface area contributed by atoms with Gasteiger partial charge in [-0.2, -0.15) is 0 Å². The predicted molar refractivity (Wildman–Crippen MR) is 189 cm³/mol. The van der Waals surface area contributed by atoms with Gasteiger partial charge < -0.3 is 4.57 Å². The number of nitrogens with zero attached hydrogens (tertiary/aromatic N) is 1. The molecule has 45 heavy (non-hydrogen) atoms. The Labute approximate surface area is 263 Å². The normalized spacial score (nSPS) is 14.8. The van der Waals surface area contributed by atoms with Crippen LogP contribution in [0.5, 0.6) is 0 Å². The molecule has 1 aromatic heterocycles. The maximum atomic E-state index is 2.52. The van der Waals surface area contributed by atoms with Crippen molar-refractivity contribution in [1.82, 2.24) is 4.57 Å². The summed E-state index contributed by atoms with van der Waals surface area (Å²) in [7, 11) is 0. The lowest BCUT2D eigenvalue weighted by molar-refractivity contribution is 0.938. The molecule has 0 unspecified atom stereocenters. The SMILES string of the molecule is C1=C(c2cccc3c2-c2ccccc2C3)C2=C(CC1)Cc1ccc(-n3c4ccccc4c4cc(-c5ccccc5)ccc43)cc12. The molecule has 0 amide bonds. The summed E-state index contributed by atoms with van der Waals surface area (Å²) >= 11 is 0. The van der Waals surface area contributed by atoms with E-state index in [-0.39, 0.29) is 0 Å². The molecule has 0 radical (unpaired) electrons. The van der Waals surface area contributed by atoms with Gasteiger partial charge in [-0.1, -0.05) is 115 Å². The largest absolute Gasteiger partial charge is 0.309 e. The van der Waals surface area contributed by atoms with Gasteiger partial charge in [-0.25, -0.2) is 0 Å². The topological polar surface area (TPSA) is 4.93 Å². The molecule has 0 fully saturated rings. The summed E-state index contributed by atoms with van der Waals surface area (Å²) in [6, 6.07) is 49.7. The van der Waals surface area contributed by atoms with Crippen molar-refractivity contribution in [3.05, 3.63) is 173 Å². The van der Waals surface area contributed by atoms with E-state index >= 15 is 0 Å². The Hall–Kier alpha value is -5.40. The maximum Gasteiger partial charge on any atom is 0.0541 e. The molecule has 1 nitrogen and oxygen atoms in total. The van der Waals surface area contributed by atoms with Gasteiger partial charge in [-0.3, -0.25) is 0 Å². The van der Waals surface area contributed by atoms with Crippen LogP contribution in [0.4, 0.5) is 0 Å². The second kappa shape index (κ2) is 9.55. The highest BCUT2D eigenvalue weighted by atomic mass is 15.0. The molecule has 0 atom stereocenters. The summed E-state index contributed by atoms with van der Waals surface area (Å²) < 4.78 is 2.47. The Kier molecular flexibility index (Phi) is 5.30. The minimum Gasteiger partial charge on any atom is -0.309 e. The van der Waals surface area contributed by atoms with Gasteiger partial charge in [0.2, 0.25) is 0 Å². The zero-order chi connectivity index (χ0) is 29.5. The van der Waals surface area contributed by atoms with Crippen LogP contribution in [0.15, 0.2) is 145 Å². The zero-order valence-electron chi connectivity index (χ0n) is 25.1. The lowest BCUT2D eigenvalue weighted by Gasteiger charge is -2.21. The lowest BCUT2D eigenvalue weighted by atomic mass is 9.83. The molecule has 212 valence electrons. The summed E-state index contributed by atoms with van der Waals surface area (Å²) in [6.45, 7) is 0. The third-order valence-corrected chi connectivity index (χ3v) is 10.3. The predicted octanol–water partition coefficient (Wildman–Crippen LogP) is 11.2. The molecule has 0 N–H and O–H groups in total. The molecule has 7 aromatic rings. The van der Waals surface area contributed by atoms with Crippen molar-refractivity contribution in [1.29, 1.82) is 0 Å². The third kappa shape index (κ3) is 3.68. The van der Waals surface area contributed by atoms with Crippen LogP contribution in [0.25, 0.3) is 60.9 Å². The second-order valence-electron chi connectivity index (χ2n) is 12.8. The summed E-state index contributed by atoms with van der Waals surface area (Å²) in [5, 5.41) is 2.59. The minimum atomic E-state index is 1.03. The molecule has 1 heterocycles. The highest BCUT2D eigenvalue weighted by Crippen LogP contribution is 2.51. The summed E-state index contributed by atoms with van der Waals surface area (Å²) in [6.07, 6.45) is 6.85. The fourth-order valence-electron chi connectivity index (χ4n) is 8.36. The van der Waals surface area contributed by atoms with Crippen molar-refractivity contribution in [3.8, 4) is 27.9 Å². The van der Waals surface area contributed by atoms with Gasteiger partial charge in [0.25, 0.3) is 0 Å². The molecule has 0 aliphatic heterocycles. The first-order chi connectivity index (χ1) is 22.3. The van der Waals surface area contributed by atoms with E-state index < -0.39 is 0 Å². The van der Waals surface area contributed by atoms with Crippen molar-refractivity contribution >= 4 is 33.0 Å². The highest BCUT2D eigenvalue weighted by Gasteiger charge is 2.31. The average molecular weight is 574 g/mol. The smallest absolute Gasteiger partial charge is 0.0541 e. The summed E-state index contributed by atoms with van der Waals surface area (Å²) in [5.74, 6) is 0. The number of benzene rings is 6. The fourth-order valence-corrected chi connectivity index (χ4v) is 8.36. The number of hydrogen-bond donors (Lipinski definition) is 0. The quantitative estimate of drug-likeness (QED) is 0.198. The Morgan fingerprint density at radius 1 is 0.489 bits per heavy atom. The van der Waals surface area contributed by atoms with Crippen LogP contribution in [0.3, 0.4) is 0 Å². The van der Waals surface area contributed by atoms with Crippen molar-refractivity contribution in [3.63, 3.8) is 0 Å². The summed E-state index contributed by atoms with van der Waals surface area (Å²) in [5.41, 5.74) is 20.7. The highest BCUT2D eigenvalue weighted by molar-refractivity contribution is 6.13. The lowest BCUT2D eigenvalue weighted by Crippen LogP contribution is -2.00. The first-order valence-electron chi connectivity index (χ1n) is 16.2. The van der Waals surface area contributed by atoms with E-state index in [4.69, 9.17) is 0 Å². The molecule has 0 spiro atoms. The Bertz CT molecular complexity index is 2410. The van der Waals surface area contributed by atoms with Crippen LogP contribution >= 0.6 is 0 Å². The van der Waals surface area contributed by atoms with Crippen molar-refractivity contribution in [2.24, 2.45) is 0 Å². The van der Waals surface area contributed by atoms with Crippen molar-refractivity contribution in [2.45, 2.75) is 25.7 Å². The van der Waals surface area contributed by atoms with Crippen molar-refractivity contribution in [2.75, 3.05) is 0 Å². The fraction of sp³-hybridized carbons (Fsp3) is 0.0909. The number of allylic oxidation sites excluding steroid dienone is 4. The molecule has 1 heteroatoms. The number of para-hydroxylation sites is 1. The Balaban J connectivity index is 1.14. The van der Waals surface area contributed by atoms with Gasteiger partial charge in [0.1, 0.15) is 0 Å². The standard InChI is InChI=1S/C44H31N/c1-2-10-28(11-3-1)29-21-23-42-40(26-29)36-16-6-7-19-41(36)45(42)34-22-20-31-25-33-14-9-18-38(44(33)39(31)27-34)37-17-8-13-32-24-30-12-4-5-15-35(30)43(32)37/h1-8,10-13,15-23,26-27H,9,14,24-25H2. The van der Waals surface area contributed by atoms with E-state index in [1.165, 1.54) is 88.7 Å². The minimum absolute atomic E-state index is 1.03. The van der Waals surface area contributed by atoms with Crippen LogP contribution in [0.2, 0.25) is 0 Å². The molecular formula is C44H31N. The van der Waals surface area contributed by atoms with E-state index in [2.05, 4.69) is 144 Å². The first-order valence-corrected chi connectivity index (χ1v) is 16.2. The third-order valence-electron chi connectivity index (χ3n) is 10.3. The molecule has 6 aromatic carbocycles. The molecule has 0 bridgehead atoms. The van der Waals surface area contributed by atoms with Gasteiger partial charge in [-0.05, 0) is 117 Å². The summed E-state index contributed by atoms with van der Waals surface area (Å²) in [4.78, 5) is 0. The number of hydrogen-bond acceptors (Lipinski definition) is 0. The first kappa shape index (κ1) is 25.0. The average Bonchev–Trinajstić information content (AvgIpc) is 3.77. The number of fused-ring (bicyclic) bond motifs is 8. The molecule has 10 rings (SSSR count). The molecular weight excluding hydrogens is 542 g/mol. The van der Waals surface area contributed by atoms with Gasteiger partial charge in [-0.15, -0.1) is 0 Å². The van der Waals surface area contributed by atoms with Crippen molar-refractivity contribution < 1.29 is 0 Å². The molecule has 3 aliphatic rings. The van der Waals surface area contributed by atoms with Gasteiger partial charge in [0, 0.05) is 16.5 Å². The van der Waals surface area contributed by atoms with E-state index in [1.807, 2.05) is 0 Å². The van der Waals surface area contributed by atoms with Gasteiger partial charge in [0.05, 0.1) is 11.0 Å². The van der Waals surface area contributed by atoms with Crippen LogP contribution in [0.1, 0.15) is 40.7 Å². The van der Waals surface area contributed by atoms with E-state index in [9.17, 15) is 0 Å². The van der Waals surface area contributed by atoms with Gasteiger partial charge >= 0.3 is 0 Å². The molecule has 0 saturated carbocycles. The maximum absolute atomic E-state index is 2.52. The number of aromatic nitrogens is 1. The zero-order valence-corrected chi connectivity index (χ0v) is 25.1. The van der Waals surface area contributed by atoms with Gasteiger partial charge in [0.15, 0.2) is 0 Å². The van der Waals surface area contributed by atoms with E-state index in [0.717, 1.165) is 25.7 Å². The molecule has 3 aliphatic carbocycles. The van der Waals surface area contributed by atoms with E-state index in [0.29, 0.717) is 0 Å². The second-order valence-corrected chi connectivity index (χ2v) is 12.8. The van der Waals surface area contributed by atoms with Crippen LogP contribution < -0.4 is 0 Å². The monoisotopic (exact) mass is 573 g/mol.